The number of aromatic nitrogens is 3. The van der Waals surface area contributed by atoms with Crippen molar-refractivity contribution < 1.29 is 5.11 Å². The van der Waals surface area contributed by atoms with E-state index < -0.39 is 0 Å². The lowest BCUT2D eigenvalue weighted by atomic mass is 9.73. The van der Waals surface area contributed by atoms with Gasteiger partial charge in [-0.2, -0.15) is 4.52 Å². The van der Waals surface area contributed by atoms with Crippen molar-refractivity contribution in [2.45, 2.75) is 52.1 Å². The molecule has 0 amide bonds. The molecular formula is C15H22N4O2S. The number of hydrogen-bond donors (Lipinski definition) is 2. The lowest BCUT2D eigenvalue weighted by molar-refractivity contribution is 0.00962. The first-order valence-electron chi connectivity index (χ1n) is 7.83. The predicted octanol–water partition coefficient (Wildman–Crippen LogP) is 2.07. The molecule has 2 atom stereocenters. The molecule has 120 valence electrons. The number of rotatable bonds is 4. The summed E-state index contributed by atoms with van der Waals surface area (Å²) in [5.41, 5.74) is 0.508. The van der Waals surface area contributed by atoms with Crippen molar-refractivity contribution in [1.29, 1.82) is 0 Å². The van der Waals surface area contributed by atoms with Crippen molar-refractivity contribution in [3.05, 3.63) is 22.1 Å². The molecule has 2 aromatic heterocycles. The zero-order valence-electron chi connectivity index (χ0n) is 13.0. The Hall–Kier alpha value is -1.47. The van der Waals surface area contributed by atoms with E-state index in [0.717, 1.165) is 37.8 Å². The third-order valence-corrected chi connectivity index (χ3v) is 5.45. The zero-order chi connectivity index (χ0) is 15.7. The van der Waals surface area contributed by atoms with Crippen LogP contribution in [0.5, 0.6) is 0 Å². The number of anilines is 1. The number of aliphatic hydroxyl groups excluding tert-OH is 1. The molecule has 6 nitrogen and oxygen atoms in total. The van der Waals surface area contributed by atoms with E-state index >= 15 is 0 Å². The molecular weight excluding hydrogens is 300 g/mol. The number of hydrogen-bond acceptors (Lipinski definition) is 6. The minimum absolute atomic E-state index is 0.136. The van der Waals surface area contributed by atoms with Crippen LogP contribution >= 0.6 is 11.3 Å². The van der Waals surface area contributed by atoms with Crippen LogP contribution in [0.4, 0.5) is 5.13 Å². The third-order valence-electron chi connectivity index (χ3n) is 4.58. The van der Waals surface area contributed by atoms with E-state index in [0.29, 0.717) is 16.6 Å². The summed E-state index contributed by atoms with van der Waals surface area (Å²) >= 11 is 1.38. The molecule has 7 heteroatoms. The molecule has 0 radical (unpaired) electrons. The molecule has 1 aliphatic carbocycles. The molecule has 0 spiro atoms. The molecule has 0 bridgehead atoms. The number of nitrogens with one attached hydrogen (secondary N) is 1. The fourth-order valence-corrected chi connectivity index (χ4v) is 3.79. The second kappa shape index (κ2) is 5.96. The van der Waals surface area contributed by atoms with E-state index in [-0.39, 0.29) is 17.1 Å². The summed E-state index contributed by atoms with van der Waals surface area (Å²) in [4.78, 5) is 17.0. The Morgan fingerprint density at radius 2 is 2.36 bits per heavy atom. The van der Waals surface area contributed by atoms with Gasteiger partial charge in [0, 0.05) is 23.7 Å². The maximum Gasteiger partial charge on any atom is 0.275 e. The van der Waals surface area contributed by atoms with E-state index in [4.69, 9.17) is 0 Å². The highest BCUT2D eigenvalue weighted by Gasteiger charge is 2.35. The van der Waals surface area contributed by atoms with Gasteiger partial charge >= 0.3 is 0 Å². The van der Waals surface area contributed by atoms with Crippen LogP contribution in [0.3, 0.4) is 0 Å². The second-order valence-electron chi connectivity index (χ2n) is 6.31. The van der Waals surface area contributed by atoms with Gasteiger partial charge in [-0.25, -0.2) is 4.98 Å². The van der Waals surface area contributed by atoms with E-state index in [9.17, 15) is 9.90 Å². The fourth-order valence-electron chi connectivity index (χ4n) is 2.97. The van der Waals surface area contributed by atoms with E-state index in [2.05, 4.69) is 22.3 Å². The summed E-state index contributed by atoms with van der Waals surface area (Å²) < 4.78 is 1.34. The predicted molar refractivity (Wildman–Crippen MR) is 87.6 cm³/mol. The molecule has 22 heavy (non-hydrogen) atoms. The highest BCUT2D eigenvalue weighted by atomic mass is 32.1. The summed E-state index contributed by atoms with van der Waals surface area (Å²) in [7, 11) is 0. The highest BCUT2D eigenvalue weighted by molar-refractivity contribution is 7.20. The van der Waals surface area contributed by atoms with Crippen molar-refractivity contribution >= 4 is 21.4 Å². The largest absolute Gasteiger partial charge is 0.392 e. The van der Waals surface area contributed by atoms with Crippen LogP contribution in [0.1, 0.15) is 45.2 Å². The van der Waals surface area contributed by atoms with E-state index in [1.165, 1.54) is 21.9 Å². The molecule has 2 unspecified atom stereocenters. The van der Waals surface area contributed by atoms with Gasteiger partial charge in [0.1, 0.15) is 0 Å². The summed E-state index contributed by atoms with van der Waals surface area (Å²) in [6.07, 6.45) is 4.56. The Morgan fingerprint density at radius 3 is 3.09 bits per heavy atom. The lowest BCUT2D eigenvalue weighted by Crippen LogP contribution is -2.41. The number of nitrogens with zero attached hydrogens (tertiary/aromatic N) is 3. The van der Waals surface area contributed by atoms with Crippen molar-refractivity contribution in [2.75, 3.05) is 11.9 Å². The van der Waals surface area contributed by atoms with Gasteiger partial charge in [0.05, 0.1) is 6.10 Å². The fraction of sp³-hybridized carbons (Fsp3) is 0.667. The van der Waals surface area contributed by atoms with Crippen LogP contribution < -0.4 is 10.9 Å². The van der Waals surface area contributed by atoms with E-state index in [1.807, 2.05) is 6.92 Å². The highest BCUT2D eigenvalue weighted by Crippen LogP contribution is 2.36. The maximum atomic E-state index is 12.0. The molecule has 2 N–H and O–H groups in total. The zero-order valence-corrected chi connectivity index (χ0v) is 13.8. The quantitative estimate of drug-likeness (QED) is 0.901. The van der Waals surface area contributed by atoms with Crippen LogP contribution in [-0.2, 0) is 6.42 Å². The first-order chi connectivity index (χ1) is 10.5. The van der Waals surface area contributed by atoms with E-state index in [1.54, 1.807) is 0 Å². The van der Waals surface area contributed by atoms with Crippen LogP contribution in [0.2, 0.25) is 0 Å². The van der Waals surface area contributed by atoms with Crippen molar-refractivity contribution in [1.82, 2.24) is 14.6 Å². The molecule has 2 aromatic rings. The molecule has 0 aromatic carbocycles. The van der Waals surface area contributed by atoms with Gasteiger partial charge in [0.15, 0.2) is 0 Å². The van der Waals surface area contributed by atoms with Gasteiger partial charge in [-0.1, -0.05) is 38.0 Å². The SMILES string of the molecule is CCc1cc(=O)n2nc(NCC3(C)CCCCC3O)sc2n1. The van der Waals surface area contributed by atoms with Crippen LogP contribution in [0, 0.1) is 5.41 Å². The average Bonchev–Trinajstić information content (AvgIpc) is 2.92. The van der Waals surface area contributed by atoms with Gasteiger partial charge in [0.2, 0.25) is 10.1 Å². The molecule has 1 aliphatic rings. The van der Waals surface area contributed by atoms with Gasteiger partial charge in [-0.15, -0.1) is 5.10 Å². The van der Waals surface area contributed by atoms with Crippen molar-refractivity contribution in [3.63, 3.8) is 0 Å². The van der Waals surface area contributed by atoms with Crippen molar-refractivity contribution in [3.8, 4) is 0 Å². The molecule has 1 saturated carbocycles. The van der Waals surface area contributed by atoms with Crippen molar-refractivity contribution in [2.24, 2.45) is 5.41 Å². The van der Waals surface area contributed by atoms with Gasteiger partial charge < -0.3 is 10.4 Å². The number of aryl methyl sites for hydroxylation is 1. The Morgan fingerprint density at radius 1 is 1.55 bits per heavy atom. The Balaban J connectivity index is 1.79. The standard InChI is InChI=1S/C15H22N4O2S/c1-3-10-8-12(21)19-14(17-10)22-13(18-19)16-9-15(2)7-5-4-6-11(15)20/h8,11,20H,3-7,9H2,1-2H3,(H,16,18). The van der Waals surface area contributed by atoms with Crippen LogP contribution in [0.15, 0.2) is 10.9 Å². The lowest BCUT2D eigenvalue weighted by Gasteiger charge is -2.38. The van der Waals surface area contributed by atoms with Gasteiger partial charge in [-0.05, 0) is 19.3 Å². The summed E-state index contributed by atoms with van der Waals surface area (Å²) in [6.45, 7) is 4.74. The van der Waals surface area contributed by atoms with Gasteiger partial charge in [0.25, 0.3) is 5.56 Å². The average molecular weight is 322 g/mol. The van der Waals surface area contributed by atoms with Gasteiger partial charge in [-0.3, -0.25) is 4.79 Å². The summed E-state index contributed by atoms with van der Waals surface area (Å²) in [6, 6.07) is 1.53. The monoisotopic (exact) mass is 322 g/mol. The first kappa shape index (κ1) is 15.4. The van der Waals surface area contributed by atoms with Crippen LogP contribution in [0.25, 0.3) is 4.96 Å². The number of aliphatic hydroxyl groups is 1. The summed E-state index contributed by atoms with van der Waals surface area (Å²) in [5.74, 6) is 0. The van der Waals surface area contributed by atoms with Crippen LogP contribution in [-0.4, -0.2) is 32.4 Å². The minimum Gasteiger partial charge on any atom is -0.392 e. The Bertz CT molecular complexity index is 726. The smallest absolute Gasteiger partial charge is 0.275 e. The third kappa shape index (κ3) is 2.87. The first-order valence-corrected chi connectivity index (χ1v) is 8.65. The normalized spacial score (nSPS) is 25.5. The minimum atomic E-state index is -0.282. The molecule has 3 rings (SSSR count). The Labute approximate surface area is 133 Å². The molecule has 1 fully saturated rings. The Kier molecular flexibility index (Phi) is 4.18. The molecule has 0 aliphatic heterocycles. The summed E-state index contributed by atoms with van der Waals surface area (Å²) in [5, 5.41) is 18.5. The molecule has 0 saturated heterocycles. The second-order valence-corrected chi connectivity index (χ2v) is 7.27. The topological polar surface area (TPSA) is 79.5 Å². The molecule has 2 heterocycles. The maximum absolute atomic E-state index is 12.0. The number of fused-ring (bicyclic) bond motifs is 1.